The standard InChI is InChI=1S/C22H16N4O4S/c27-18-9-7-17(8-10-18)24-26-22-20-12-11-19(31(28,29)30)14-15(20)6-13-21(22)25-23-16-4-2-1-3-5-16/h1-14,27H,(H,28,29,30)/p-1. The summed E-state index contributed by atoms with van der Waals surface area (Å²) < 4.78 is 34.1. The van der Waals surface area contributed by atoms with Crippen LogP contribution in [0.5, 0.6) is 5.75 Å². The van der Waals surface area contributed by atoms with Crippen LogP contribution in [0.2, 0.25) is 0 Å². The second-order valence-corrected chi connectivity index (χ2v) is 7.90. The molecule has 0 atom stereocenters. The van der Waals surface area contributed by atoms with Gasteiger partial charge in [0.25, 0.3) is 0 Å². The number of phenolic OH excluding ortho intramolecular Hbond substituents is 1. The Bertz CT molecular complexity index is 1400. The van der Waals surface area contributed by atoms with E-state index >= 15 is 0 Å². The molecule has 0 aliphatic carbocycles. The van der Waals surface area contributed by atoms with Crippen LogP contribution in [0.1, 0.15) is 0 Å². The summed E-state index contributed by atoms with van der Waals surface area (Å²) in [4.78, 5) is -0.333. The molecule has 8 nitrogen and oxygen atoms in total. The maximum absolute atomic E-state index is 11.4. The van der Waals surface area contributed by atoms with Gasteiger partial charge in [-0.2, -0.15) is 10.2 Å². The first-order valence-electron chi connectivity index (χ1n) is 9.10. The summed E-state index contributed by atoms with van der Waals surface area (Å²) in [5, 5.41) is 27.4. The van der Waals surface area contributed by atoms with E-state index in [9.17, 15) is 18.1 Å². The highest BCUT2D eigenvalue weighted by molar-refractivity contribution is 7.85. The minimum absolute atomic E-state index is 0.104. The van der Waals surface area contributed by atoms with Gasteiger partial charge in [0.1, 0.15) is 27.2 Å². The summed E-state index contributed by atoms with van der Waals surface area (Å²) in [7, 11) is -4.59. The van der Waals surface area contributed by atoms with Crippen LogP contribution >= 0.6 is 0 Å². The van der Waals surface area contributed by atoms with Crippen molar-refractivity contribution in [3.63, 3.8) is 0 Å². The van der Waals surface area contributed by atoms with Crippen molar-refractivity contribution in [1.82, 2.24) is 0 Å². The van der Waals surface area contributed by atoms with Gasteiger partial charge in [-0.3, -0.25) is 0 Å². The van der Waals surface area contributed by atoms with Gasteiger partial charge in [-0.15, -0.1) is 10.2 Å². The third kappa shape index (κ3) is 4.80. The Morgan fingerprint density at radius 3 is 2.10 bits per heavy atom. The summed E-state index contributed by atoms with van der Waals surface area (Å²) in [5.41, 5.74) is 1.92. The fraction of sp³-hybridized carbons (Fsp3) is 0. The van der Waals surface area contributed by atoms with Crippen molar-refractivity contribution in [3.8, 4) is 5.75 Å². The van der Waals surface area contributed by atoms with Crippen LogP contribution in [0.4, 0.5) is 22.7 Å². The van der Waals surface area contributed by atoms with Crippen LogP contribution in [0, 0.1) is 0 Å². The van der Waals surface area contributed by atoms with Crippen molar-refractivity contribution in [1.29, 1.82) is 0 Å². The fourth-order valence-electron chi connectivity index (χ4n) is 2.85. The van der Waals surface area contributed by atoms with Crippen molar-refractivity contribution in [2.24, 2.45) is 20.5 Å². The monoisotopic (exact) mass is 431 g/mol. The van der Waals surface area contributed by atoms with E-state index < -0.39 is 10.1 Å². The number of azo groups is 2. The highest BCUT2D eigenvalue weighted by atomic mass is 32.2. The number of hydrogen-bond acceptors (Lipinski definition) is 8. The lowest BCUT2D eigenvalue weighted by Crippen LogP contribution is -1.97. The van der Waals surface area contributed by atoms with Crippen molar-refractivity contribution in [3.05, 3.63) is 84.9 Å². The molecule has 31 heavy (non-hydrogen) atoms. The molecule has 0 aromatic heterocycles. The van der Waals surface area contributed by atoms with Gasteiger partial charge in [0.05, 0.1) is 16.3 Å². The minimum Gasteiger partial charge on any atom is -0.744 e. The minimum atomic E-state index is -4.59. The lowest BCUT2D eigenvalue weighted by molar-refractivity contribution is 0.463. The number of nitrogens with zero attached hydrogens (tertiary/aromatic N) is 4. The molecule has 0 heterocycles. The van der Waals surface area contributed by atoms with Crippen LogP contribution in [-0.4, -0.2) is 18.1 Å². The first-order chi connectivity index (χ1) is 14.9. The van der Waals surface area contributed by atoms with Gasteiger partial charge in [0.15, 0.2) is 0 Å². The number of rotatable bonds is 5. The Morgan fingerprint density at radius 2 is 1.39 bits per heavy atom. The second kappa shape index (κ2) is 8.42. The Labute approximate surface area is 178 Å². The van der Waals surface area contributed by atoms with Gasteiger partial charge >= 0.3 is 0 Å². The zero-order chi connectivity index (χ0) is 21.8. The van der Waals surface area contributed by atoms with Crippen LogP contribution < -0.4 is 0 Å². The summed E-state index contributed by atoms with van der Waals surface area (Å²) in [6.07, 6.45) is 0. The van der Waals surface area contributed by atoms with E-state index in [2.05, 4.69) is 20.5 Å². The molecule has 4 aromatic carbocycles. The molecule has 0 aliphatic rings. The van der Waals surface area contributed by atoms with Gasteiger partial charge in [-0.05, 0) is 60.0 Å². The molecule has 1 N–H and O–H groups in total. The molecule has 0 radical (unpaired) electrons. The zero-order valence-electron chi connectivity index (χ0n) is 16.0. The van der Waals surface area contributed by atoms with Gasteiger partial charge in [-0.1, -0.05) is 30.3 Å². The molecule has 0 aliphatic heterocycles. The maximum Gasteiger partial charge on any atom is 0.124 e. The van der Waals surface area contributed by atoms with E-state index in [0.717, 1.165) is 0 Å². The summed E-state index contributed by atoms with van der Waals surface area (Å²) >= 11 is 0. The molecule has 9 heteroatoms. The van der Waals surface area contributed by atoms with E-state index in [4.69, 9.17) is 0 Å². The molecule has 0 saturated carbocycles. The number of aromatic hydroxyl groups is 1. The topological polar surface area (TPSA) is 127 Å². The number of hydrogen-bond donors (Lipinski definition) is 1. The molecule has 0 bridgehead atoms. The summed E-state index contributed by atoms with van der Waals surface area (Å²) in [5.74, 6) is 0.104. The van der Waals surface area contributed by atoms with E-state index in [1.54, 1.807) is 36.4 Å². The van der Waals surface area contributed by atoms with E-state index in [-0.39, 0.29) is 10.6 Å². The molecule has 0 amide bonds. The third-order valence-electron chi connectivity index (χ3n) is 4.37. The van der Waals surface area contributed by atoms with Crippen LogP contribution in [0.3, 0.4) is 0 Å². The third-order valence-corrected chi connectivity index (χ3v) is 5.21. The first-order valence-corrected chi connectivity index (χ1v) is 10.5. The number of phenols is 1. The van der Waals surface area contributed by atoms with Crippen LogP contribution in [-0.2, 0) is 10.1 Å². The molecule has 0 spiro atoms. The van der Waals surface area contributed by atoms with Crippen molar-refractivity contribution >= 4 is 43.6 Å². The van der Waals surface area contributed by atoms with Gasteiger partial charge < -0.3 is 9.66 Å². The molecule has 154 valence electrons. The van der Waals surface area contributed by atoms with Gasteiger partial charge in [0.2, 0.25) is 0 Å². The van der Waals surface area contributed by atoms with Crippen molar-refractivity contribution in [2.45, 2.75) is 4.90 Å². The zero-order valence-corrected chi connectivity index (χ0v) is 16.8. The first kappa shape index (κ1) is 20.3. The molecule has 0 fully saturated rings. The quantitative estimate of drug-likeness (QED) is 0.294. The Morgan fingerprint density at radius 1 is 0.710 bits per heavy atom. The summed E-state index contributed by atoms with van der Waals surface area (Å²) in [6, 6.07) is 22.6. The molecular formula is C22H15N4O4S-. The van der Waals surface area contributed by atoms with Crippen LogP contribution in [0.25, 0.3) is 10.8 Å². The number of benzene rings is 4. The van der Waals surface area contributed by atoms with Gasteiger partial charge in [-0.25, -0.2) is 8.42 Å². The Kier molecular flexibility index (Phi) is 5.52. The van der Waals surface area contributed by atoms with Gasteiger partial charge in [0, 0.05) is 5.39 Å². The lowest BCUT2D eigenvalue weighted by Gasteiger charge is -2.10. The van der Waals surface area contributed by atoms with E-state index in [0.29, 0.717) is 33.5 Å². The SMILES string of the molecule is O=S(=O)([O-])c1ccc2c(N=Nc3ccc(O)cc3)c(N=Nc3ccccc3)ccc2c1. The molecule has 0 unspecified atom stereocenters. The second-order valence-electron chi connectivity index (χ2n) is 6.52. The van der Waals surface area contributed by atoms with Crippen molar-refractivity contribution in [2.75, 3.05) is 0 Å². The normalized spacial score (nSPS) is 12.2. The number of fused-ring (bicyclic) bond motifs is 1. The average molecular weight is 431 g/mol. The van der Waals surface area contributed by atoms with E-state index in [1.807, 2.05) is 18.2 Å². The molecule has 0 saturated heterocycles. The predicted molar refractivity (Wildman–Crippen MR) is 115 cm³/mol. The fourth-order valence-corrected chi connectivity index (χ4v) is 3.36. The predicted octanol–water partition coefficient (Wildman–Crippen LogP) is 6.28. The van der Waals surface area contributed by atoms with Crippen LogP contribution in [0.15, 0.2) is 110 Å². The highest BCUT2D eigenvalue weighted by Crippen LogP contribution is 2.38. The summed E-state index contributed by atoms with van der Waals surface area (Å²) in [6.45, 7) is 0. The molecule has 4 rings (SSSR count). The molecule has 4 aromatic rings. The smallest absolute Gasteiger partial charge is 0.124 e. The molecular weight excluding hydrogens is 416 g/mol. The average Bonchev–Trinajstić information content (AvgIpc) is 2.77. The Hall–Kier alpha value is -3.95. The largest absolute Gasteiger partial charge is 0.744 e. The van der Waals surface area contributed by atoms with E-state index in [1.165, 1.54) is 30.3 Å². The Balaban J connectivity index is 1.84. The lowest BCUT2D eigenvalue weighted by atomic mass is 10.1. The highest BCUT2D eigenvalue weighted by Gasteiger charge is 2.10. The van der Waals surface area contributed by atoms with Crippen molar-refractivity contribution < 1.29 is 18.1 Å². The maximum atomic E-state index is 11.4.